The Hall–Kier alpha value is -2.55. The summed E-state index contributed by atoms with van der Waals surface area (Å²) in [6.07, 6.45) is 1.63. The molecule has 1 heterocycles. The molecule has 0 atom stereocenters. The number of hydrogen-bond acceptors (Lipinski definition) is 3. The highest BCUT2D eigenvalue weighted by atomic mass is 16.2. The predicted octanol–water partition coefficient (Wildman–Crippen LogP) is 3.43. The molecule has 28 heavy (non-hydrogen) atoms. The van der Waals surface area contributed by atoms with Crippen LogP contribution in [-0.4, -0.2) is 39.9 Å². The number of aryl methyl sites for hydroxylation is 1. The van der Waals surface area contributed by atoms with Gasteiger partial charge in [0.05, 0.1) is 6.54 Å². The zero-order chi connectivity index (χ0) is 21.6. The molecule has 154 valence electrons. The SMILES string of the molecule is CCN(CC(=O)NC(C)(C)C)C(=O)/C(C#N)=C\c1cc(C)n(CC(C)C)c1C. The van der Waals surface area contributed by atoms with E-state index in [1.165, 1.54) is 4.90 Å². The molecule has 0 aromatic carbocycles. The Kier molecular flexibility index (Phi) is 8.04. The lowest BCUT2D eigenvalue weighted by Gasteiger charge is -2.24. The Bertz CT molecular complexity index is 789. The van der Waals surface area contributed by atoms with E-state index >= 15 is 0 Å². The second-order valence-electron chi connectivity index (χ2n) is 8.62. The monoisotopic (exact) mass is 386 g/mol. The van der Waals surface area contributed by atoms with Gasteiger partial charge in [-0.25, -0.2) is 0 Å². The minimum Gasteiger partial charge on any atom is -0.350 e. The summed E-state index contributed by atoms with van der Waals surface area (Å²) < 4.78 is 2.20. The fraction of sp³-hybridized carbons (Fsp3) is 0.591. The van der Waals surface area contributed by atoms with Crippen LogP contribution in [0.5, 0.6) is 0 Å². The number of rotatable bonds is 7. The number of hydrogen-bond donors (Lipinski definition) is 1. The Morgan fingerprint density at radius 1 is 1.32 bits per heavy atom. The number of carbonyl (C=O) groups is 2. The van der Waals surface area contributed by atoms with Gasteiger partial charge >= 0.3 is 0 Å². The quantitative estimate of drug-likeness (QED) is 0.576. The van der Waals surface area contributed by atoms with Crippen molar-refractivity contribution in [3.63, 3.8) is 0 Å². The average Bonchev–Trinajstić information content (AvgIpc) is 2.82. The smallest absolute Gasteiger partial charge is 0.264 e. The van der Waals surface area contributed by atoms with Gasteiger partial charge in [0.15, 0.2) is 0 Å². The lowest BCUT2D eigenvalue weighted by atomic mass is 10.1. The van der Waals surface area contributed by atoms with Crippen molar-refractivity contribution in [3.8, 4) is 6.07 Å². The van der Waals surface area contributed by atoms with E-state index in [1.807, 2.05) is 46.8 Å². The van der Waals surface area contributed by atoms with Crippen LogP contribution in [0.3, 0.4) is 0 Å². The molecule has 6 heteroatoms. The van der Waals surface area contributed by atoms with Gasteiger partial charge < -0.3 is 14.8 Å². The van der Waals surface area contributed by atoms with Crippen LogP contribution in [0.1, 0.15) is 58.5 Å². The first-order chi connectivity index (χ1) is 12.9. The number of amides is 2. The van der Waals surface area contributed by atoms with E-state index in [9.17, 15) is 14.9 Å². The van der Waals surface area contributed by atoms with Crippen molar-refractivity contribution in [1.29, 1.82) is 5.26 Å². The van der Waals surface area contributed by atoms with Crippen LogP contribution in [0.2, 0.25) is 0 Å². The molecule has 1 N–H and O–H groups in total. The van der Waals surface area contributed by atoms with Crippen LogP contribution in [0, 0.1) is 31.1 Å². The van der Waals surface area contributed by atoms with Crippen molar-refractivity contribution in [2.24, 2.45) is 5.92 Å². The van der Waals surface area contributed by atoms with Gasteiger partial charge in [-0.05, 0) is 65.2 Å². The van der Waals surface area contributed by atoms with E-state index in [0.717, 1.165) is 23.5 Å². The molecule has 6 nitrogen and oxygen atoms in total. The summed E-state index contributed by atoms with van der Waals surface area (Å²) in [5, 5.41) is 12.4. The predicted molar refractivity (Wildman–Crippen MR) is 112 cm³/mol. The van der Waals surface area contributed by atoms with E-state index in [-0.39, 0.29) is 23.6 Å². The Morgan fingerprint density at radius 3 is 2.39 bits per heavy atom. The molecular formula is C22H34N4O2. The molecule has 1 rings (SSSR count). The standard InChI is InChI=1S/C22H34N4O2/c1-9-25(14-20(27)24-22(6,7)8)21(28)19(12-23)11-18-10-16(4)26(17(18)5)13-15(2)3/h10-11,15H,9,13-14H2,1-8H3,(H,24,27)/b19-11-. The molecule has 2 amide bonds. The maximum atomic E-state index is 12.8. The molecular weight excluding hydrogens is 352 g/mol. The van der Waals surface area contributed by atoms with Gasteiger partial charge in [-0.2, -0.15) is 5.26 Å². The number of aromatic nitrogens is 1. The van der Waals surface area contributed by atoms with Crippen molar-refractivity contribution in [2.75, 3.05) is 13.1 Å². The molecule has 0 saturated carbocycles. The van der Waals surface area contributed by atoms with Crippen LogP contribution in [0.4, 0.5) is 0 Å². The lowest BCUT2D eigenvalue weighted by molar-refractivity contribution is -0.133. The van der Waals surface area contributed by atoms with Crippen molar-refractivity contribution >= 4 is 17.9 Å². The average molecular weight is 387 g/mol. The van der Waals surface area contributed by atoms with E-state index in [0.29, 0.717) is 12.5 Å². The van der Waals surface area contributed by atoms with E-state index in [4.69, 9.17) is 0 Å². The largest absolute Gasteiger partial charge is 0.350 e. The van der Waals surface area contributed by atoms with Crippen LogP contribution in [0.15, 0.2) is 11.6 Å². The summed E-state index contributed by atoms with van der Waals surface area (Å²) >= 11 is 0. The number of nitrogens with one attached hydrogen (secondary N) is 1. The molecule has 1 aromatic heterocycles. The first kappa shape index (κ1) is 23.5. The van der Waals surface area contributed by atoms with E-state index in [1.54, 1.807) is 13.0 Å². The van der Waals surface area contributed by atoms with Crippen molar-refractivity contribution < 1.29 is 9.59 Å². The van der Waals surface area contributed by atoms with Crippen LogP contribution < -0.4 is 5.32 Å². The summed E-state index contributed by atoms with van der Waals surface area (Å²) in [6, 6.07) is 4.00. The van der Waals surface area contributed by atoms with Gasteiger partial charge in [0.1, 0.15) is 11.6 Å². The number of carbonyl (C=O) groups excluding carboxylic acids is 2. The first-order valence-electron chi connectivity index (χ1n) is 9.78. The van der Waals surface area contributed by atoms with Gasteiger partial charge in [-0.3, -0.25) is 9.59 Å². The molecule has 0 radical (unpaired) electrons. The van der Waals surface area contributed by atoms with Gasteiger partial charge in [-0.15, -0.1) is 0 Å². The number of nitrogens with zero attached hydrogens (tertiary/aromatic N) is 3. The van der Waals surface area contributed by atoms with Gasteiger partial charge in [-0.1, -0.05) is 13.8 Å². The van der Waals surface area contributed by atoms with E-state index < -0.39 is 5.91 Å². The topological polar surface area (TPSA) is 78.1 Å². The molecule has 0 fully saturated rings. The third kappa shape index (κ3) is 6.56. The van der Waals surface area contributed by atoms with Crippen molar-refractivity contribution in [1.82, 2.24) is 14.8 Å². The maximum Gasteiger partial charge on any atom is 0.264 e. The van der Waals surface area contributed by atoms with Crippen LogP contribution in [-0.2, 0) is 16.1 Å². The lowest BCUT2D eigenvalue weighted by Crippen LogP contribution is -2.47. The first-order valence-corrected chi connectivity index (χ1v) is 9.78. The molecule has 0 aliphatic carbocycles. The molecule has 0 bridgehead atoms. The van der Waals surface area contributed by atoms with Gasteiger partial charge in [0.2, 0.25) is 5.91 Å². The van der Waals surface area contributed by atoms with Gasteiger partial charge in [0, 0.05) is 30.0 Å². The highest BCUT2D eigenvalue weighted by Crippen LogP contribution is 2.20. The summed E-state index contributed by atoms with van der Waals surface area (Å²) in [4.78, 5) is 26.4. The molecule has 0 unspecified atom stereocenters. The fourth-order valence-electron chi connectivity index (χ4n) is 3.05. The summed E-state index contributed by atoms with van der Waals surface area (Å²) in [5.74, 6) is -0.173. The third-order valence-corrected chi connectivity index (χ3v) is 4.33. The second-order valence-corrected chi connectivity index (χ2v) is 8.62. The minimum absolute atomic E-state index is 0.0372. The zero-order valence-electron chi connectivity index (χ0n) is 18.5. The van der Waals surface area contributed by atoms with Crippen LogP contribution in [0.25, 0.3) is 6.08 Å². The Balaban J connectivity index is 3.10. The highest BCUT2D eigenvalue weighted by molar-refractivity contribution is 6.03. The molecule has 0 aliphatic rings. The zero-order valence-corrected chi connectivity index (χ0v) is 18.5. The Labute approximate surface area is 169 Å². The van der Waals surface area contributed by atoms with Crippen LogP contribution >= 0.6 is 0 Å². The number of nitriles is 1. The summed E-state index contributed by atoms with van der Waals surface area (Å²) in [6.45, 7) is 16.9. The summed E-state index contributed by atoms with van der Waals surface area (Å²) in [5.41, 5.74) is 2.65. The fourth-order valence-corrected chi connectivity index (χ4v) is 3.05. The second kappa shape index (κ2) is 9.59. The molecule has 0 saturated heterocycles. The molecule has 1 aromatic rings. The molecule has 0 spiro atoms. The minimum atomic E-state index is -0.428. The highest BCUT2D eigenvalue weighted by Gasteiger charge is 2.22. The van der Waals surface area contributed by atoms with Crippen molar-refractivity contribution in [3.05, 3.63) is 28.6 Å². The molecule has 0 aliphatic heterocycles. The van der Waals surface area contributed by atoms with E-state index in [2.05, 4.69) is 23.7 Å². The van der Waals surface area contributed by atoms with Crippen molar-refractivity contribution in [2.45, 2.75) is 67.5 Å². The third-order valence-electron chi connectivity index (χ3n) is 4.33. The summed E-state index contributed by atoms with van der Waals surface area (Å²) in [7, 11) is 0. The maximum absolute atomic E-state index is 12.8. The van der Waals surface area contributed by atoms with Gasteiger partial charge in [0.25, 0.3) is 5.91 Å². The number of likely N-dealkylation sites (N-methyl/N-ethyl adjacent to an activating group) is 1. The Morgan fingerprint density at radius 2 is 1.93 bits per heavy atom. The normalized spacial score (nSPS) is 12.1.